The number of aliphatic hydroxyl groups is 1. The zero-order chi connectivity index (χ0) is 15.3. The van der Waals surface area contributed by atoms with Gasteiger partial charge in [0.2, 0.25) is 5.91 Å². The third-order valence-electron chi connectivity index (χ3n) is 3.05. The molecule has 2 atom stereocenters. The molecule has 0 spiro atoms. The van der Waals surface area contributed by atoms with E-state index in [-0.39, 0.29) is 29.2 Å². The molecule has 1 unspecified atom stereocenters. The molecule has 0 aliphatic heterocycles. The summed E-state index contributed by atoms with van der Waals surface area (Å²) < 4.78 is 0. The summed E-state index contributed by atoms with van der Waals surface area (Å²) in [5.74, 6) is -0.0936. The molecule has 0 aliphatic rings. The number of rotatable bonds is 5. The first-order chi connectivity index (χ1) is 9.25. The summed E-state index contributed by atoms with van der Waals surface area (Å²) in [7, 11) is 0. The molecular weight excluding hydrogens is 294 g/mol. The van der Waals surface area contributed by atoms with Crippen molar-refractivity contribution in [1.82, 2.24) is 5.32 Å². The van der Waals surface area contributed by atoms with Crippen LogP contribution >= 0.6 is 23.4 Å². The molecule has 1 aromatic rings. The highest BCUT2D eigenvalue weighted by molar-refractivity contribution is 8.00. The Morgan fingerprint density at radius 2 is 2.00 bits per heavy atom. The number of nitrogens with one attached hydrogen (secondary N) is 1. The summed E-state index contributed by atoms with van der Waals surface area (Å²) in [5.41, 5.74) is -0.181. The van der Waals surface area contributed by atoms with Gasteiger partial charge in [-0.05, 0) is 24.5 Å². The molecule has 0 heterocycles. The summed E-state index contributed by atoms with van der Waals surface area (Å²) in [5, 5.41) is 12.6. The molecule has 0 aromatic heterocycles. The van der Waals surface area contributed by atoms with Crippen molar-refractivity contribution in [3.8, 4) is 0 Å². The van der Waals surface area contributed by atoms with Crippen LogP contribution in [0.1, 0.15) is 27.7 Å². The number of carbonyl (C=O) groups is 1. The van der Waals surface area contributed by atoms with Gasteiger partial charge in [-0.3, -0.25) is 4.79 Å². The zero-order valence-corrected chi connectivity index (χ0v) is 13.9. The van der Waals surface area contributed by atoms with E-state index in [1.54, 1.807) is 6.07 Å². The molecule has 5 heteroatoms. The van der Waals surface area contributed by atoms with Crippen molar-refractivity contribution in [2.45, 2.75) is 43.9 Å². The van der Waals surface area contributed by atoms with Gasteiger partial charge >= 0.3 is 0 Å². The van der Waals surface area contributed by atoms with Crippen molar-refractivity contribution in [2.24, 2.45) is 5.41 Å². The Morgan fingerprint density at radius 3 is 2.50 bits per heavy atom. The van der Waals surface area contributed by atoms with Crippen LogP contribution in [-0.4, -0.2) is 28.9 Å². The van der Waals surface area contributed by atoms with Crippen LogP contribution in [0.2, 0.25) is 5.02 Å². The number of amides is 1. The Balaban J connectivity index is 2.66. The molecule has 1 amide bonds. The lowest BCUT2D eigenvalue weighted by molar-refractivity contribution is -0.122. The summed E-state index contributed by atoms with van der Waals surface area (Å²) in [6.07, 6.45) is 0. The van der Waals surface area contributed by atoms with E-state index < -0.39 is 0 Å². The Bertz CT molecular complexity index is 459. The summed E-state index contributed by atoms with van der Waals surface area (Å²) >= 11 is 7.50. The molecule has 20 heavy (non-hydrogen) atoms. The van der Waals surface area contributed by atoms with Crippen LogP contribution in [0.15, 0.2) is 29.2 Å². The minimum absolute atomic E-state index is 0.0707. The molecule has 1 rings (SSSR count). The number of hydrogen-bond donors (Lipinski definition) is 2. The predicted octanol–water partition coefficient (Wildman–Crippen LogP) is 3.34. The quantitative estimate of drug-likeness (QED) is 0.819. The molecule has 0 fully saturated rings. The highest BCUT2D eigenvalue weighted by Crippen LogP contribution is 2.30. The standard InChI is InChI=1S/C15H22ClNO2S/c1-10(20-12-8-6-5-7-11(12)16)14(19)17-13(9-18)15(2,3)4/h5-8,10,13,18H,9H2,1-4H3,(H,17,19)/t10?,13-/m1/s1. The van der Waals surface area contributed by atoms with Crippen molar-refractivity contribution in [3.63, 3.8) is 0 Å². The van der Waals surface area contributed by atoms with Crippen LogP contribution in [0.3, 0.4) is 0 Å². The fraction of sp³-hybridized carbons (Fsp3) is 0.533. The third kappa shape index (κ3) is 5.00. The maximum absolute atomic E-state index is 12.2. The fourth-order valence-electron chi connectivity index (χ4n) is 1.61. The largest absolute Gasteiger partial charge is 0.394 e. The molecule has 0 saturated heterocycles. The van der Waals surface area contributed by atoms with E-state index in [1.165, 1.54) is 11.8 Å². The summed E-state index contributed by atoms with van der Waals surface area (Å²) in [6, 6.07) is 7.19. The van der Waals surface area contributed by atoms with Crippen LogP contribution in [0.4, 0.5) is 0 Å². The zero-order valence-electron chi connectivity index (χ0n) is 12.3. The number of benzene rings is 1. The lowest BCUT2D eigenvalue weighted by atomic mass is 9.87. The monoisotopic (exact) mass is 315 g/mol. The van der Waals surface area contributed by atoms with Crippen LogP contribution in [0.5, 0.6) is 0 Å². The minimum atomic E-state index is -0.272. The van der Waals surface area contributed by atoms with E-state index in [4.69, 9.17) is 11.6 Å². The van der Waals surface area contributed by atoms with Crippen LogP contribution < -0.4 is 5.32 Å². The predicted molar refractivity (Wildman–Crippen MR) is 85.2 cm³/mol. The van der Waals surface area contributed by atoms with Gasteiger partial charge in [0.15, 0.2) is 0 Å². The summed E-state index contributed by atoms with van der Waals surface area (Å²) in [4.78, 5) is 13.1. The van der Waals surface area contributed by atoms with Gasteiger partial charge < -0.3 is 10.4 Å². The number of carbonyl (C=O) groups excluding carboxylic acids is 1. The van der Waals surface area contributed by atoms with E-state index in [0.29, 0.717) is 5.02 Å². The van der Waals surface area contributed by atoms with E-state index in [2.05, 4.69) is 5.32 Å². The van der Waals surface area contributed by atoms with Crippen molar-refractivity contribution >= 4 is 29.3 Å². The van der Waals surface area contributed by atoms with E-state index in [0.717, 1.165) is 4.90 Å². The number of thioether (sulfide) groups is 1. The Labute approximate surface area is 130 Å². The third-order valence-corrected chi connectivity index (χ3v) is 4.67. The van der Waals surface area contributed by atoms with Gasteiger partial charge in [-0.15, -0.1) is 11.8 Å². The van der Waals surface area contributed by atoms with E-state index >= 15 is 0 Å². The molecule has 3 nitrogen and oxygen atoms in total. The average Bonchev–Trinajstić information content (AvgIpc) is 2.36. The SMILES string of the molecule is CC(Sc1ccccc1Cl)C(=O)N[C@H](CO)C(C)(C)C. The number of hydrogen-bond acceptors (Lipinski definition) is 3. The van der Waals surface area contributed by atoms with Crippen molar-refractivity contribution in [2.75, 3.05) is 6.61 Å². The highest BCUT2D eigenvalue weighted by Gasteiger charge is 2.27. The van der Waals surface area contributed by atoms with Gasteiger partial charge in [0.05, 0.1) is 22.9 Å². The minimum Gasteiger partial charge on any atom is -0.394 e. The second-order valence-corrected chi connectivity index (χ2v) is 7.59. The van der Waals surface area contributed by atoms with E-state index in [9.17, 15) is 9.90 Å². The lowest BCUT2D eigenvalue weighted by Gasteiger charge is -2.30. The smallest absolute Gasteiger partial charge is 0.233 e. The maximum Gasteiger partial charge on any atom is 0.233 e. The second-order valence-electron chi connectivity index (χ2n) is 5.80. The van der Waals surface area contributed by atoms with Crippen LogP contribution in [-0.2, 0) is 4.79 Å². The molecule has 0 radical (unpaired) electrons. The molecular formula is C15H22ClNO2S. The Morgan fingerprint density at radius 1 is 1.40 bits per heavy atom. The maximum atomic E-state index is 12.2. The molecule has 0 aliphatic carbocycles. The van der Waals surface area contributed by atoms with Gasteiger partial charge in [0.25, 0.3) is 0 Å². The first-order valence-electron chi connectivity index (χ1n) is 6.58. The highest BCUT2D eigenvalue weighted by atomic mass is 35.5. The Kier molecular flexibility index (Phi) is 6.37. The average molecular weight is 316 g/mol. The van der Waals surface area contributed by atoms with Crippen molar-refractivity contribution < 1.29 is 9.90 Å². The lowest BCUT2D eigenvalue weighted by Crippen LogP contribution is -2.48. The normalized spacial score (nSPS) is 14.7. The van der Waals surface area contributed by atoms with Crippen molar-refractivity contribution in [3.05, 3.63) is 29.3 Å². The molecule has 0 bridgehead atoms. The van der Waals surface area contributed by atoms with Gasteiger partial charge in [-0.25, -0.2) is 0 Å². The van der Waals surface area contributed by atoms with Crippen molar-refractivity contribution in [1.29, 1.82) is 0 Å². The van der Waals surface area contributed by atoms with E-state index in [1.807, 2.05) is 45.9 Å². The molecule has 112 valence electrons. The van der Waals surface area contributed by atoms with Gasteiger partial charge in [-0.2, -0.15) is 0 Å². The van der Waals surface area contributed by atoms with Crippen LogP contribution in [0, 0.1) is 5.41 Å². The van der Waals surface area contributed by atoms with Gasteiger partial charge in [0, 0.05) is 4.90 Å². The van der Waals surface area contributed by atoms with Crippen LogP contribution in [0.25, 0.3) is 0 Å². The fourth-order valence-corrected chi connectivity index (χ4v) is 2.77. The Hall–Kier alpha value is -0.710. The first kappa shape index (κ1) is 17.3. The number of aliphatic hydroxyl groups excluding tert-OH is 1. The molecule has 2 N–H and O–H groups in total. The summed E-state index contributed by atoms with van der Waals surface area (Å²) in [6.45, 7) is 7.72. The van der Waals surface area contributed by atoms with Gasteiger partial charge in [0.1, 0.15) is 0 Å². The first-order valence-corrected chi connectivity index (χ1v) is 7.84. The second kappa shape index (κ2) is 7.34. The topological polar surface area (TPSA) is 49.3 Å². The van der Waals surface area contributed by atoms with Gasteiger partial charge in [-0.1, -0.05) is 44.5 Å². The number of halogens is 1. The molecule has 0 saturated carbocycles. The molecule has 1 aromatic carbocycles.